The number of aliphatic imine (C=N–C) groups is 1. The summed E-state index contributed by atoms with van der Waals surface area (Å²) in [4.78, 5) is 11.4. The third-order valence-electron chi connectivity index (χ3n) is 3.52. The normalized spacial score (nSPS) is 12.5. The highest BCUT2D eigenvalue weighted by Gasteiger charge is 2.08. The molecule has 1 atom stereocenters. The van der Waals surface area contributed by atoms with Gasteiger partial charge in [-0.3, -0.25) is 4.99 Å². The van der Waals surface area contributed by atoms with Crippen molar-refractivity contribution in [1.29, 1.82) is 0 Å². The Morgan fingerprint density at radius 3 is 2.54 bits per heavy atom. The van der Waals surface area contributed by atoms with Crippen LogP contribution < -0.4 is 15.4 Å². The lowest BCUT2D eigenvalue weighted by Crippen LogP contribution is -2.42. The highest BCUT2D eigenvalue weighted by atomic mass is 127. The minimum atomic E-state index is 0. The third kappa shape index (κ3) is 7.90. The zero-order valence-electron chi connectivity index (χ0n) is 16.1. The van der Waals surface area contributed by atoms with Crippen molar-refractivity contribution in [3.63, 3.8) is 0 Å². The van der Waals surface area contributed by atoms with Crippen LogP contribution in [0.2, 0.25) is 0 Å². The fourth-order valence-electron chi connectivity index (χ4n) is 2.39. The van der Waals surface area contributed by atoms with Gasteiger partial charge in [-0.15, -0.1) is 35.3 Å². The third-order valence-corrected chi connectivity index (χ3v) is 4.55. The van der Waals surface area contributed by atoms with Gasteiger partial charge in [-0.1, -0.05) is 6.07 Å². The Bertz CT molecular complexity index is 685. The quantitative estimate of drug-likeness (QED) is 0.349. The monoisotopic (exact) mass is 488 g/mol. The van der Waals surface area contributed by atoms with Crippen LogP contribution in [0.3, 0.4) is 0 Å². The molecule has 0 saturated carbocycles. The van der Waals surface area contributed by atoms with Crippen LogP contribution in [0.25, 0.3) is 0 Å². The number of aromatic nitrogens is 1. The van der Waals surface area contributed by atoms with Gasteiger partial charge < -0.3 is 15.4 Å². The number of rotatable bonds is 7. The maximum Gasteiger partial charge on any atom is 0.213 e. The van der Waals surface area contributed by atoms with Crippen LogP contribution in [0.1, 0.15) is 36.1 Å². The smallest absolute Gasteiger partial charge is 0.213 e. The predicted molar refractivity (Wildman–Crippen MR) is 121 cm³/mol. The van der Waals surface area contributed by atoms with Gasteiger partial charge >= 0.3 is 0 Å². The SMILES string of the molecule is CN=C(NCc1ccc(OC(C)C)nc1)NC(C)Cc1ccc(C)s1.I. The number of thiophene rings is 1. The van der Waals surface area contributed by atoms with E-state index in [1.165, 1.54) is 9.75 Å². The van der Waals surface area contributed by atoms with Crippen LogP contribution in [-0.4, -0.2) is 30.1 Å². The number of halogens is 1. The molecular formula is C19H29IN4OS. The minimum absolute atomic E-state index is 0. The lowest BCUT2D eigenvalue weighted by molar-refractivity contribution is 0.232. The maximum absolute atomic E-state index is 5.56. The minimum Gasteiger partial charge on any atom is -0.475 e. The van der Waals surface area contributed by atoms with E-state index in [-0.39, 0.29) is 30.1 Å². The van der Waals surface area contributed by atoms with Gasteiger partial charge in [-0.05, 0) is 45.4 Å². The standard InChI is InChI=1S/C19H28N4OS.HI/c1-13(2)24-18-9-7-16(11-21-18)12-22-19(20-5)23-14(3)10-17-8-6-15(4)25-17;/h6-9,11,13-14H,10,12H2,1-5H3,(H2,20,22,23);1H. The van der Waals surface area contributed by atoms with E-state index < -0.39 is 0 Å². The largest absolute Gasteiger partial charge is 0.475 e. The number of pyridine rings is 1. The molecule has 0 bridgehead atoms. The van der Waals surface area contributed by atoms with E-state index >= 15 is 0 Å². The first kappa shape index (κ1) is 22.7. The molecule has 144 valence electrons. The molecule has 0 saturated heterocycles. The number of ether oxygens (including phenoxy) is 1. The van der Waals surface area contributed by atoms with Crippen LogP contribution in [0.5, 0.6) is 5.88 Å². The zero-order chi connectivity index (χ0) is 18.2. The molecule has 0 radical (unpaired) electrons. The molecule has 0 aromatic carbocycles. The summed E-state index contributed by atoms with van der Waals surface area (Å²) in [5.74, 6) is 1.45. The van der Waals surface area contributed by atoms with Gasteiger partial charge in [0.15, 0.2) is 5.96 Å². The topological polar surface area (TPSA) is 58.5 Å². The lowest BCUT2D eigenvalue weighted by atomic mass is 10.2. The molecule has 0 aliphatic rings. The number of nitrogens with zero attached hydrogens (tertiary/aromatic N) is 2. The van der Waals surface area contributed by atoms with Gasteiger partial charge in [0.25, 0.3) is 0 Å². The summed E-state index contributed by atoms with van der Waals surface area (Å²) in [7, 11) is 1.79. The van der Waals surface area contributed by atoms with E-state index in [2.05, 4.69) is 46.6 Å². The fourth-order valence-corrected chi connectivity index (χ4v) is 3.41. The first-order chi connectivity index (χ1) is 12.0. The Balaban J connectivity index is 0.00000338. The lowest BCUT2D eigenvalue weighted by Gasteiger charge is -2.17. The van der Waals surface area contributed by atoms with Crippen molar-refractivity contribution in [2.75, 3.05) is 7.05 Å². The molecule has 1 unspecified atom stereocenters. The molecule has 2 aromatic heterocycles. The van der Waals surface area contributed by atoms with E-state index in [1.807, 2.05) is 43.5 Å². The fraction of sp³-hybridized carbons (Fsp3) is 0.474. The van der Waals surface area contributed by atoms with E-state index in [0.717, 1.165) is 17.9 Å². The highest BCUT2D eigenvalue weighted by molar-refractivity contribution is 14.0. The molecular weight excluding hydrogens is 459 g/mol. The highest BCUT2D eigenvalue weighted by Crippen LogP contribution is 2.16. The van der Waals surface area contributed by atoms with Crippen molar-refractivity contribution in [2.45, 2.75) is 52.8 Å². The van der Waals surface area contributed by atoms with Crippen LogP contribution in [0, 0.1) is 6.92 Å². The molecule has 5 nitrogen and oxygen atoms in total. The van der Waals surface area contributed by atoms with Gasteiger partial charge in [0.05, 0.1) is 6.10 Å². The second-order valence-corrected chi connectivity index (χ2v) is 7.73. The van der Waals surface area contributed by atoms with Crippen molar-refractivity contribution in [2.24, 2.45) is 4.99 Å². The van der Waals surface area contributed by atoms with Gasteiger partial charge in [0.2, 0.25) is 5.88 Å². The molecule has 2 heterocycles. The van der Waals surface area contributed by atoms with Gasteiger partial charge in [-0.25, -0.2) is 4.98 Å². The average Bonchev–Trinajstić information content (AvgIpc) is 2.97. The summed E-state index contributed by atoms with van der Waals surface area (Å²) >= 11 is 1.85. The van der Waals surface area contributed by atoms with Crippen LogP contribution in [0.4, 0.5) is 0 Å². The summed E-state index contributed by atoms with van der Waals surface area (Å²) in [6.07, 6.45) is 2.95. The summed E-state index contributed by atoms with van der Waals surface area (Å²) in [6.45, 7) is 8.95. The van der Waals surface area contributed by atoms with Gasteiger partial charge in [-0.2, -0.15) is 0 Å². The van der Waals surface area contributed by atoms with Crippen molar-refractivity contribution in [3.05, 3.63) is 45.8 Å². The zero-order valence-corrected chi connectivity index (χ0v) is 19.2. The Morgan fingerprint density at radius 1 is 1.23 bits per heavy atom. The number of hydrogen-bond acceptors (Lipinski definition) is 4. The van der Waals surface area contributed by atoms with E-state index in [4.69, 9.17) is 4.74 Å². The Kier molecular flexibility index (Phi) is 9.93. The molecule has 2 N–H and O–H groups in total. The molecule has 0 spiro atoms. The first-order valence-corrected chi connectivity index (χ1v) is 9.42. The number of guanidine groups is 1. The molecule has 0 aliphatic carbocycles. The second-order valence-electron chi connectivity index (χ2n) is 6.36. The van der Waals surface area contributed by atoms with Crippen LogP contribution >= 0.6 is 35.3 Å². The number of aryl methyl sites for hydroxylation is 1. The van der Waals surface area contributed by atoms with Crippen LogP contribution in [-0.2, 0) is 13.0 Å². The second kappa shape index (κ2) is 11.4. The first-order valence-electron chi connectivity index (χ1n) is 8.60. The van der Waals surface area contributed by atoms with Crippen molar-refractivity contribution < 1.29 is 4.74 Å². The molecule has 0 amide bonds. The van der Waals surface area contributed by atoms with E-state index in [1.54, 1.807) is 7.05 Å². The molecule has 0 fully saturated rings. The summed E-state index contributed by atoms with van der Waals surface area (Å²) < 4.78 is 5.56. The van der Waals surface area contributed by atoms with E-state index in [0.29, 0.717) is 18.5 Å². The molecule has 26 heavy (non-hydrogen) atoms. The van der Waals surface area contributed by atoms with E-state index in [9.17, 15) is 0 Å². The molecule has 0 aliphatic heterocycles. The Hall–Kier alpha value is -1.35. The molecule has 7 heteroatoms. The summed E-state index contributed by atoms with van der Waals surface area (Å²) in [5.41, 5.74) is 1.08. The molecule has 2 rings (SSSR count). The molecule has 2 aromatic rings. The van der Waals surface area contributed by atoms with Crippen molar-refractivity contribution >= 4 is 41.3 Å². The van der Waals surface area contributed by atoms with Crippen LogP contribution in [0.15, 0.2) is 35.5 Å². The number of hydrogen-bond donors (Lipinski definition) is 2. The van der Waals surface area contributed by atoms with Gasteiger partial charge in [0.1, 0.15) is 0 Å². The van der Waals surface area contributed by atoms with Crippen molar-refractivity contribution in [1.82, 2.24) is 15.6 Å². The van der Waals surface area contributed by atoms with Crippen molar-refractivity contribution in [3.8, 4) is 5.88 Å². The average molecular weight is 488 g/mol. The summed E-state index contributed by atoms with van der Waals surface area (Å²) in [5, 5.41) is 6.76. The summed E-state index contributed by atoms with van der Waals surface area (Å²) in [6, 6.07) is 8.59. The maximum atomic E-state index is 5.56. The van der Waals surface area contributed by atoms with Gasteiger partial charge in [0, 0.05) is 48.1 Å². The Morgan fingerprint density at radius 2 is 2.00 bits per heavy atom. The predicted octanol–water partition coefficient (Wildman–Crippen LogP) is 4.15. The Labute approximate surface area is 177 Å². The number of nitrogens with one attached hydrogen (secondary N) is 2.